The number of nitrogens with one attached hydrogen (secondary N) is 1. The van der Waals surface area contributed by atoms with Gasteiger partial charge in [0.05, 0.1) is 10.9 Å². The number of benzene rings is 1. The van der Waals surface area contributed by atoms with Gasteiger partial charge in [-0.05, 0) is 29.4 Å². The first kappa shape index (κ1) is 19.6. The van der Waals surface area contributed by atoms with E-state index >= 15 is 0 Å². The SMILES string of the molecule is CC(C)(C)c1ccc(-c2cnc(N)c3cnc(N[C@@H]4CCCC[C@@H]4N)nc23)cc1. The van der Waals surface area contributed by atoms with Crippen LogP contribution in [0.4, 0.5) is 11.8 Å². The molecule has 6 heteroatoms. The van der Waals surface area contributed by atoms with E-state index in [4.69, 9.17) is 16.5 Å². The predicted molar refractivity (Wildman–Crippen MR) is 120 cm³/mol. The van der Waals surface area contributed by atoms with E-state index in [0.29, 0.717) is 11.8 Å². The second-order valence-electron chi connectivity index (χ2n) is 9.04. The summed E-state index contributed by atoms with van der Waals surface area (Å²) in [6, 6.07) is 8.92. The van der Waals surface area contributed by atoms with Crippen molar-refractivity contribution in [3.05, 3.63) is 42.2 Å². The van der Waals surface area contributed by atoms with Crippen molar-refractivity contribution in [2.24, 2.45) is 5.73 Å². The van der Waals surface area contributed by atoms with Gasteiger partial charge >= 0.3 is 0 Å². The van der Waals surface area contributed by atoms with Gasteiger partial charge < -0.3 is 16.8 Å². The molecule has 0 aliphatic heterocycles. The molecule has 2 atom stereocenters. The van der Waals surface area contributed by atoms with Gasteiger partial charge in [0.1, 0.15) is 5.82 Å². The molecule has 152 valence electrons. The normalized spacial score (nSPS) is 20.0. The molecule has 0 radical (unpaired) electrons. The summed E-state index contributed by atoms with van der Waals surface area (Å²) in [6.07, 6.45) is 8.01. The second-order valence-corrected chi connectivity index (χ2v) is 9.04. The summed E-state index contributed by atoms with van der Waals surface area (Å²) in [6.45, 7) is 6.63. The predicted octanol–water partition coefficient (Wildman–Crippen LogP) is 4.25. The number of rotatable bonds is 3. The summed E-state index contributed by atoms with van der Waals surface area (Å²) in [7, 11) is 0. The van der Waals surface area contributed by atoms with Crippen molar-refractivity contribution in [2.45, 2.75) is 64.0 Å². The summed E-state index contributed by atoms with van der Waals surface area (Å²) in [4.78, 5) is 13.7. The van der Waals surface area contributed by atoms with E-state index in [1.165, 1.54) is 18.4 Å². The maximum Gasteiger partial charge on any atom is 0.223 e. The quantitative estimate of drug-likeness (QED) is 0.618. The molecular formula is C23H30N6. The lowest BCUT2D eigenvalue weighted by Gasteiger charge is -2.29. The molecule has 1 saturated carbocycles. The summed E-state index contributed by atoms with van der Waals surface area (Å²) in [5.41, 5.74) is 16.6. The van der Waals surface area contributed by atoms with Crippen molar-refractivity contribution in [1.29, 1.82) is 0 Å². The molecule has 5 N–H and O–H groups in total. The Morgan fingerprint density at radius 1 is 1.00 bits per heavy atom. The van der Waals surface area contributed by atoms with Gasteiger partial charge in [0, 0.05) is 30.0 Å². The van der Waals surface area contributed by atoms with E-state index < -0.39 is 0 Å². The molecule has 29 heavy (non-hydrogen) atoms. The Morgan fingerprint density at radius 3 is 2.41 bits per heavy atom. The van der Waals surface area contributed by atoms with Gasteiger partial charge in [-0.2, -0.15) is 0 Å². The maximum absolute atomic E-state index is 6.29. The minimum atomic E-state index is 0.109. The Balaban J connectivity index is 1.73. The highest BCUT2D eigenvalue weighted by Crippen LogP contribution is 2.32. The Morgan fingerprint density at radius 2 is 1.72 bits per heavy atom. The monoisotopic (exact) mass is 390 g/mol. The first-order valence-electron chi connectivity index (χ1n) is 10.4. The Kier molecular flexibility index (Phi) is 5.13. The first-order chi connectivity index (χ1) is 13.8. The summed E-state index contributed by atoms with van der Waals surface area (Å²) in [5, 5.41) is 4.21. The van der Waals surface area contributed by atoms with Crippen LogP contribution in [0.5, 0.6) is 0 Å². The lowest BCUT2D eigenvalue weighted by molar-refractivity contribution is 0.402. The van der Waals surface area contributed by atoms with Crippen LogP contribution in [0.1, 0.15) is 52.0 Å². The standard InChI is InChI=1S/C23H30N6/c1-23(2,3)15-10-8-14(9-11-15)16-12-26-21(25)17-13-27-22(29-20(16)17)28-19-7-5-4-6-18(19)24/h8-13,18-19H,4-7,24H2,1-3H3,(H2,25,26)(H,27,28,29)/t18-,19+/m0/s1. The molecule has 0 spiro atoms. The Labute approximate surface area is 172 Å². The average Bonchev–Trinajstić information content (AvgIpc) is 2.69. The van der Waals surface area contributed by atoms with Crippen LogP contribution < -0.4 is 16.8 Å². The number of nitrogens with two attached hydrogens (primary N) is 2. The van der Waals surface area contributed by atoms with Crippen LogP contribution in [0.25, 0.3) is 22.0 Å². The van der Waals surface area contributed by atoms with Gasteiger partial charge in [0.25, 0.3) is 0 Å². The minimum Gasteiger partial charge on any atom is -0.383 e. The number of anilines is 2. The third-order valence-corrected chi connectivity index (χ3v) is 5.85. The van der Waals surface area contributed by atoms with E-state index in [0.717, 1.165) is 34.9 Å². The number of nitrogens with zero attached hydrogens (tertiary/aromatic N) is 3. The fourth-order valence-corrected chi connectivity index (χ4v) is 3.97. The molecule has 3 aromatic rings. The average molecular weight is 391 g/mol. The molecule has 1 aromatic carbocycles. The number of hydrogen-bond acceptors (Lipinski definition) is 6. The van der Waals surface area contributed by atoms with E-state index in [1.807, 2.05) is 0 Å². The second kappa shape index (κ2) is 7.59. The molecular weight excluding hydrogens is 360 g/mol. The van der Waals surface area contributed by atoms with Crippen molar-refractivity contribution < 1.29 is 0 Å². The smallest absolute Gasteiger partial charge is 0.223 e. The highest BCUT2D eigenvalue weighted by atomic mass is 15.1. The molecule has 1 aliphatic carbocycles. The molecule has 0 bridgehead atoms. The Bertz CT molecular complexity index is 1010. The van der Waals surface area contributed by atoms with Crippen LogP contribution in [0, 0.1) is 0 Å². The van der Waals surface area contributed by atoms with E-state index in [9.17, 15) is 0 Å². The lowest BCUT2D eigenvalue weighted by Crippen LogP contribution is -2.42. The first-order valence-corrected chi connectivity index (χ1v) is 10.4. The zero-order valence-corrected chi connectivity index (χ0v) is 17.4. The number of pyridine rings is 1. The van der Waals surface area contributed by atoms with Crippen LogP contribution in [0.15, 0.2) is 36.7 Å². The molecule has 6 nitrogen and oxygen atoms in total. The molecule has 1 fully saturated rings. The third-order valence-electron chi connectivity index (χ3n) is 5.85. The summed E-state index contributed by atoms with van der Waals surface area (Å²) in [5.74, 6) is 1.04. The number of aromatic nitrogens is 3. The maximum atomic E-state index is 6.29. The number of fused-ring (bicyclic) bond motifs is 1. The number of hydrogen-bond donors (Lipinski definition) is 3. The lowest BCUT2D eigenvalue weighted by atomic mass is 9.86. The summed E-state index contributed by atoms with van der Waals surface area (Å²) < 4.78 is 0. The highest BCUT2D eigenvalue weighted by molar-refractivity contribution is 5.98. The van der Waals surface area contributed by atoms with E-state index in [-0.39, 0.29) is 17.5 Å². The van der Waals surface area contributed by atoms with Crippen molar-refractivity contribution in [2.75, 3.05) is 11.1 Å². The molecule has 2 heterocycles. The van der Waals surface area contributed by atoms with Crippen LogP contribution in [0.2, 0.25) is 0 Å². The zero-order chi connectivity index (χ0) is 20.6. The van der Waals surface area contributed by atoms with Gasteiger partial charge in [-0.25, -0.2) is 15.0 Å². The summed E-state index contributed by atoms with van der Waals surface area (Å²) >= 11 is 0. The van der Waals surface area contributed by atoms with Gasteiger partial charge in [-0.3, -0.25) is 0 Å². The van der Waals surface area contributed by atoms with Crippen molar-refractivity contribution in [1.82, 2.24) is 15.0 Å². The zero-order valence-electron chi connectivity index (χ0n) is 17.4. The molecule has 0 amide bonds. The van der Waals surface area contributed by atoms with Crippen molar-refractivity contribution in [3.63, 3.8) is 0 Å². The van der Waals surface area contributed by atoms with Gasteiger partial charge in [-0.1, -0.05) is 57.9 Å². The van der Waals surface area contributed by atoms with Gasteiger partial charge in [0.2, 0.25) is 5.95 Å². The molecule has 4 rings (SSSR count). The molecule has 0 saturated heterocycles. The van der Waals surface area contributed by atoms with Crippen LogP contribution >= 0.6 is 0 Å². The van der Waals surface area contributed by atoms with E-state index in [2.05, 4.69) is 60.3 Å². The van der Waals surface area contributed by atoms with Gasteiger partial charge in [-0.15, -0.1) is 0 Å². The van der Waals surface area contributed by atoms with Crippen LogP contribution in [0.3, 0.4) is 0 Å². The Hall–Kier alpha value is -2.73. The minimum absolute atomic E-state index is 0.109. The third kappa shape index (κ3) is 4.03. The largest absolute Gasteiger partial charge is 0.383 e. The fourth-order valence-electron chi connectivity index (χ4n) is 3.97. The van der Waals surface area contributed by atoms with E-state index in [1.54, 1.807) is 12.4 Å². The van der Waals surface area contributed by atoms with Crippen molar-refractivity contribution in [3.8, 4) is 11.1 Å². The molecule has 1 aliphatic rings. The van der Waals surface area contributed by atoms with Crippen molar-refractivity contribution >= 4 is 22.7 Å². The molecule has 2 aromatic heterocycles. The molecule has 0 unspecified atom stereocenters. The fraction of sp³-hybridized carbons (Fsp3) is 0.435. The number of nitrogen functional groups attached to an aromatic ring is 1. The van der Waals surface area contributed by atoms with Crippen LogP contribution in [-0.4, -0.2) is 27.0 Å². The highest BCUT2D eigenvalue weighted by Gasteiger charge is 2.23. The topological polar surface area (TPSA) is 103 Å². The van der Waals surface area contributed by atoms with Gasteiger partial charge in [0.15, 0.2) is 0 Å². The van der Waals surface area contributed by atoms with Crippen LogP contribution in [-0.2, 0) is 5.41 Å².